The maximum absolute atomic E-state index is 13.2. The van der Waals surface area contributed by atoms with Crippen LogP contribution < -0.4 is 5.46 Å². The first-order valence-electron chi connectivity index (χ1n) is 4.80. The number of halogens is 1. The van der Waals surface area contributed by atoms with Crippen LogP contribution in [0.4, 0.5) is 4.39 Å². The summed E-state index contributed by atoms with van der Waals surface area (Å²) in [5, 5.41) is 9.35. The average molecular weight is 194 g/mol. The number of rotatable bonds is 1. The maximum atomic E-state index is 13.2. The van der Waals surface area contributed by atoms with E-state index in [0.717, 1.165) is 5.56 Å². The molecule has 1 rings (SSSR count). The van der Waals surface area contributed by atoms with Crippen molar-refractivity contribution in [3.63, 3.8) is 0 Å². The summed E-state index contributed by atoms with van der Waals surface area (Å²) in [7, 11) is 0. The highest BCUT2D eigenvalue weighted by Gasteiger charge is 2.18. The van der Waals surface area contributed by atoms with Crippen molar-refractivity contribution in [1.82, 2.24) is 0 Å². The summed E-state index contributed by atoms with van der Waals surface area (Å²) in [4.78, 5) is 0. The Kier molecular flexibility index (Phi) is 3.00. The van der Waals surface area contributed by atoms with Crippen molar-refractivity contribution in [2.24, 2.45) is 0 Å². The molecule has 0 aliphatic carbocycles. The van der Waals surface area contributed by atoms with E-state index < -0.39 is 6.92 Å². The smallest absolute Gasteiger partial charge is 0.323 e. The highest BCUT2D eigenvalue weighted by Crippen LogP contribution is 2.21. The molecular formula is C11H16BFO. The second-order valence-electron chi connectivity index (χ2n) is 4.66. The third-order valence-corrected chi connectivity index (χ3v) is 2.31. The van der Waals surface area contributed by atoms with Crippen molar-refractivity contribution >= 4 is 12.4 Å². The van der Waals surface area contributed by atoms with Crippen molar-refractivity contribution in [3.8, 4) is 0 Å². The molecule has 0 unspecified atom stereocenters. The molecule has 1 N–H and O–H groups in total. The van der Waals surface area contributed by atoms with E-state index in [-0.39, 0.29) is 11.2 Å². The van der Waals surface area contributed by atoms with Crippen LogP contribution in [0.2, 0.25) is 6.82 Å². The molecule has 0 radical (unpaired) electrons. The summed E-state index contributed by atoms with van der Waals surface area (Å²) in [6, 6.07) is 4.92. The van der Waals surface area contributed by atoms with Crippen LogP contribution in [-0.2, 0) is 5.41 Å². The highest BCUT2D eigenvalue weighted by molar-refractivity contribution is 6.64. The van der Waals surface area contributed by atoms with Gasteiger partial charge in [-0.2, -0.15) is 0 Å². The van der Waals surface area contributed by atoms with Gasteiger partial charge in [0.1, 0.15) is 5.82 Å². The first-order chi connectivity index (χ1) is 6.32. The van der Waals surface area contributed by atoms with Gasteiger partial charge in [0.15, 0.2) is 0 Å². The second-order valence-corrected chi connectivity index (χ2v) is 4.66. The fraction of sp³-hybridized carbons (Fsp3) is 0.455. The molecule has 14 heavy (non-hydrogen) atoms. The van der Waals surface area contributed by atoms with Gasteiger partial charge in [0.2, 0.25) is 0 Å². The first-order valence-corrected chi connectivity index (χ1v) is 4.80. The summed E-state index contributed by atoms with van der Waals surface area (Å²) in [6.45, 7) is 7.01. The lowest BCUT2D eigenvalue weighted by molar-refractivity contribution is 0.575. The van der Waals surface area contributed by atoms with Gasteiger partial charge in [-0.3, -0.25) is 0 Å². The molecule has 0 saturated carbocycles. The molecule has 1 aromatic carbocycles. The van der Waals surface area contributed by atoms with Gasteiger partial charge in [0, 0.05) is 0 Å². The first kappa shape index (κ1) is 11.3. The standard InChI is InChI=1S/C11H16BFO/c1-11(2,3)8-5-6-10(13)9(7-8)12(4)14/h5-7,14H,1-4H3. The number of hydrogen-bond donors (Lipinski definition) is 1. The van der Waals surface area contributed by atoms with E-state index in [4.69, 9.17) is 0 Å². The van der Waals surface area contributed by atoms with Crippen LogP contribution in [0.1, 0.15) is 26.3 Å². The summed E-state index contributed by atoms with van der Waals surface area (Å²) < 4.78 is 13.2. The van der Waals surface area contributed by atoms with Gasteiger partial charge in [0.05, 0.1) is 0 Å². The minimum atomic E-state index is -0.753. The maximum Gasteiger partial charge on any atom is 0.323 e. The third kappa shape index (κ3) is 2.35. The molecule has 0 fully saturated rings. The molecular weight excluding hydrogens is 178 g/mol. The fourth-order valence-corrected chi connectivity index (χ4v) is 1.33. The number of hydrogen-bond acceptors (Lipinski definition) is 1. The summed E-state index contributed by atoms with van der Waals surface area (Å²) in [6.07, 6.45) is 0. The lowest BCUT2D eigenvalue weighted by Crippen LogP contribution is -2.31. The quantitative estimate of drug-likeness (QED) is 0.677. The van der Waals surface area contributed by atoms with Crippen LogP contribution in [0.25, 0.3) is 0 Å². The predicted octanol–water partition coefficient (Wildman–Crippen LogP) is 1.94. The van der Waals surface area contributed by atoms with Crippen LogP contribution >= 0.6 is 0 Å². The second kappa shape index (κ2) is 3.74. The molecule has 0 bridgehead atoms. The van der Waals surface area contributed by atoms with E-state index in [9.17, 15) is 9.41 Å². The lowest BCUT2D eigenvalue weighted by Gasteiger charge is -2.20. The molecule has 1 aromatic rings. The molecule has 1 nitrogen and oxygen atoms in total. The van der Waals surface area contributed by atoms with Crippen molar-refractivity contribution in [2.45, 2.75) is 33.0 Å². The van der Waals surface area contributed by atoms with Crippen LogP contribution in [0.5, 0.6) is 0 Å². The van der Waals surface area contributed by atoms with Crippen LogP contribution in [0, 0.1) is 5.82 Å². The molecule has 3 heteroatoms. The zero-order valence-electron chi connectivity index (χ0n) is 9.13. The third-order valence-electron chi connectivity index (χ3n) is 2.31. The average Bonchev–Trinajstić information content (AvgIpc) is 2.02. The van der Waals surface area contributed by atoms with Gasteiger partial charge in [-0.05, 0) is 22.5 Å². The minimum Gasteiger partial charge on any atom is -0.446 e. The Labute approximate surface area is 85.1 Å². The fourth-order valence-electron chi connectivity index (χ4n) is 1.33. The molecule has 0 spiro atoms. The summed E-state index contributed by atoms with van der Waals surface area (Å²) >= 11 is 0. The predicted molar refractivity (Wildman–Crippen MR) is 58.6 cm³/mol. The van der Waals surface area contributed by atoms with Crippen LogP contribution in [0.15, 0.2) is 18.2 Å². The Balaban J connectivity index is 3.20. The van der Waals surface area contributed by atoms with Gasteiger partial charge < -0.3 is 5.02 Å². The lowest BCUT2D eigenvalue weighted by atomic mass is 9.63. The zero-order chi connectivity index (χ0) is 10.9. The largest absolute Gasteiger partial charge is 0.446 e. The molecule has 0 aliphatic rings. The molecule has 0 heterocycles. The van der Waals surface area contributed by atoms with E-state index in [2.05, 4.69) is 20.8 Å². The Morgan fingerprint density at radius 1 is 1.29 bits per heavy atom. The van der Waals surface area contributed by atoms with Gasteiger partial charge in [-0.1, -0.05) is 39.7 Å². The van der Waals surface area contributed by atoms with Crippen molar-refractivity contribution in [2.75, 3.05) is 0 Å². The molecule has 76 valence electrons. The number of benzene rings is 1. The molecule has 0 atom stereocenters. The summed E-state index contributed by atoms with van der Waals surface area (Å²) in [5.41, 5.74) is 1.39. The van der Waals surface area contributed by atoms with Gasteiger partial charge in [-0.15, -0.1) is 0 Å². The van der Waals surface area contributed by atoms with Crippen molar-refractivity contribution in [1.29, 1.82) is 0 Å². The molecule has 0 aromatic heterocycles. The Morgan fingerprint density at radius 2 is 1.86 bits per heavy atom. The zero-order valence-corrected chi connectivity index (χ0v) is 9.13. The Bertz CT molecular complexity index is 329. The topological polar surface area (TPSA) is 20.2 Å². The monoisotopic (exact) mass is 194 g/mol. The van der Waals surface area contributed by atoms with Crippen molar-refractivity contribution < 1.29 is 9.41 Å². The Hall–Kier alpha value is -0.825. The van der Waals surface area contributed by atoms with E-state index in [1.807, 2.05) is 0 Å². The SMILES string of the molecule is CB(O)c1cc(C(C)(C)C)ccc1F. The van der Waals surface area contributed by atoms with Gasteiger partial charge in [0.25, 0.3) is 0 Å². The van der Waals surface area contributed by atoms with Crippen molar-refractivity contribution in [3.05, 3.63) is 29.6 Å². The normalized spacial score (nSPS) is 11.6. The molecule has 0 aliphatic heterocycles. The van der Waals surface area contributed by atoms with Crippen LogP contribution in [0.3, 0.4) is 0 Å². The van der Waals surface area contributed by atoms with Gasteiger partial charge in [-0.25, -0.2) is 4.39 Å². The minimum absolute atomic E-state index is 0.0165. The van der Waals surface area contributed by atoms with E-state index in [1.165, 1.54) is 6.07 Å². The van der Waals surface area contributed by atoms with Crippen LogP contribution in [-0.4, -0.2) is 11.9 Å². The van der Waals surface area contributed by atoms with E-state index >= 15 is 0 Å². The van der Waals surface area contributed by atoms with E-state index in [1.54, 1.807) is 19.0 Å². The highest BCUT2D eigenvalue weighted by atomic mass is 19.1. The summed E-state index contributed by atoms with van der Waals surface area (Å²) in [5.74, 6) is -0.340. The molecule has 0 saturated heterocycles. The molecule has 0 amide bonds. The van der Waals surface area contributed by atoms with E-state index in [0.29, 0.717) is 5.46 Å². The van der Waals surface area contributed by atoms with Gasteiger partial charge >= 0.3 is 6.92 Å². The Morgan fingerprint density at radius 3 is 2.29 bits per heavy atom.